The molecule has 0 radical (unpaired) electrons. The standard InChI is InChI=1S/C18H21N5O3S/c1-8(2)19-18(27)22-21-16(24)13-7-14(12-6-9(3)25-11(12)5)20-17-15(13)10(4)23-26-17/h6-8H,1-5H3,(H,21,24)(H2,19,22,27). The van der Waals surface area contributed by atoms with E-state index in [1.54, 1.807) is 13.0 Å². The fraction of sp³-hybridized carbons (Fsp3) is 0.333. The number of amides is 1. The highest BCUT2D eigenvalue weighted by atomic mass is 32.1. The second-order valence-corrected chi connectivity index (χ2v) is 6.95. The number of furan rings is 1. The smallest absolute Gasteiger partial charge is 0.270 e. The van der Waals surface area contributed by atoms with Crippen LogP contribution in [0.1, 0.15) is 41.4 Å². The molecule has 0 aliphatic rings. The number of aromatic nitrogens is 2. The third-order valence-electron chi connectivity index (χ3n) is 3.89. The van der Waals surface area contributed by atoms with Gasteiger partial charge in [-0.25, -0.2) is 4.98 Å². The number of pyridine rings is 1. The first-order valence-electron chi connectivity index (χ1n) is 8.47. The van der Waals surface area contributed by atoms with Crippen molar-refractivity contribution in [3.05, 3.63) is 34.9 Å². The molecule has 0 saturated heterocycles. The van der Waals surface area contributed by atoms with E-state index in [0.29, 0.717) is 33.2 Å². The minimum Gasteiger partial charge on any atom is -0.466 e. The van der Waals surface area contributed by atoms with Gasteiger partial charge in [-0.2, -0.15) is 0 Å². The van der Waals surface area contributed by atoms with Gasteiger partial charge in [0.2, 0.25) is 0 Å². The summed E-state index contributed by atoms with van der Waals surface area (Å²) >= 11 is 5.13. The molecule has 3 N–H and O–H groups in total. The number of nitrogens with zero attached hydrogens (tertiary/aromatic N) is 2. The van der Waals surface area contributed by atoms with E-state index in [1.165, 1.54) is 0 Å². The van der Waals surface area contributed by atoms with Crippen LogP contribution >= 0.6 is 12.2 Å². The molecule has 0 unspecified atom stereocenters. The Labute approximate surface area is 161 Å². The highest BCUT2D eigenvalue weighted by Gasteiger charge is 2.21. The molecule has 3 rings (SSSR count). The van der Waals surface area contributed by atoms with E-state index in [2.05, 4.69) is 26.3 Å². The van der Waals surface area contributed by atoms with Crippen molar-refractivity contribution in [3.8, 4) is 11.3 Å². The molecule has 9 heteroatoms. The van der Waals surface area contributed by atoms with E-state index in [1.807, 2.05) is 33.8 Å². The molecular formula is C18H21N5O3S. The van der Waals surface area contributed by atoms with E-state index in [-0.39, 0.29) is 17.7 Å². The number of nitrogens with one attached hydrogen (secondary N) is 3. The van der Waals surface area contributed by atoms with Crippen LogP contribution in [0, 0.1) is 20.8 Å². The van der Waals surface area contributed by atoms with Crippen LogP contribution in [0.3, 0.4) is 0 Å². The molecule has 3 aromatic rings. The first-order valence-corrected chi connectivity index (χ1v) is 8.88. The summed E-state index contributed by atoms with van der Waals surface area (Å²) in [5, 5.41) is 7.81. The molecule has 0 bridgehead atoms. The Morgan fingerprint density at radius 3 is 2.56 bits per heavy atom. The molecular weight excluding hydrogens is 366 g/mol. The third-order valence-corrected chi connectivity index (χ3v) is 4.11. The van der Waals surface area contributed by atoms with Gasteiger partial charge >= 0.3 is 0 Å². The normalized spacial score (nSPS) is 11.0. The summed E-state index contributed by atoms with van der Waals surface area (Å²) in [7, 11) is 0. The van der Waals surface area contributed by atoms with Crippen molar-refractivity contribution in [2.24, 2.45) is 0 Å². The average molecular weight is 387 g/mol. The lowest BCUT2D eigenvalue weighted by Crippen LogP contribution is -2.48. The van der Waals surface area contributed by atoms with Gasteiger partial charge < -0.3 is 14.3 Å². The number of fused-ring (bicyclic) bond motifs is 1. The summed E-state index contributed by atoms with van der Waals surface area (Å²) < 4.78 is 10.9. The Kier molecular flexibility index (Phi) is 5.13. The van der Waals surface area contributed by atoms with Crippen molar-refractivity contribution in [1.82, 2.24) is 26.3 Å². The number of hydrogen-bond donors (Lipinski definition) is 3. The fourth-order valence-electron chi connectivity index (χ4n) is 2.78. The molecule has 3 aromatic heterocycles. The molecule has 27 heavy (non-hydrogen) atoms. The molecule has 0 aliphatic heterocycles. The van der Waals surface area contributed by atoms with E-state index >= 15 is 0 Å². The zero-order valence-electron chi connectivity index (χ0n) is 15.8. The van der Waals surface area contributed by atoms with E-state index in [9.17, 15) is 4.79 Å². The Bertz CT molecular complexity index is 1020. The number of rotatable bonds is 3. The highest BCUT2D eigenvalue weighted by Crippen LogP contribution is 2.30. The molecule has 0 atom stereocenters. The van der Waals surface area contributed by atoms with Crippen LogP contribution in [-0.4, -0.2) is 27.2 Å². The number of thiocarbonyl (C=S) groups is 1. The third kappa shape index (κ3) is 3.92. The predicted octanol–water partition coefficient (Wildman–Crippen LogP) is 2.93. The average Bonchev–Trinajstić information content (AvgIpc) is 3.13. The van der Waals surface area contributed by atoms with Gasteiger partial charge in [0.1, 0.15) is 11.5 Å². The van der Waals surface area contributed by atoms with Gasteiger partial charge in [0.15, 0.2) is 5.11 Å². The maximum Gasteiger partial charge on any atom is 0.270 e. The largest absolute Gasteiger partial charge is 0.466 e. The number of aryl methyl sites for hydroxylation is 3. The van der Waals surface area contributed by atoms with Crippen molar-refractivity contribution in [3.63, 3.8) is 0 Å². The van der Waals surface area contributed by atoms with Crippen molar-refractivity contribution >= 4 is 34.3 Å². The molecule has 0 spiro atoms. The maximum atomic E-state index is 12.8. The van der Waals surface area contributed by atoms with Crippen LogP contribution in [0.15, 0.2) is 21.1 Å². The minimum absolute atomic E-state index is 0.147. The summed E-state index contributed by atoms with van der Waals surface area (Å²) in [4.78, 5) is 17.3. The van der Waals surface area contributed by atoms with E-state index in [0.717, 1.165) is 11.3 Å². The van der Waals surface area contributed by atoms with Crippen molar-refractivity contribution < 1.29 is 13.7 Å². The summed E-state index contributed by atoms with van der Waals surface area (Å²) in [6, 6.07) is 3.71. The van der Waals surface area contributed by atoms with Gasteiger partial charge in [-0.1, -0.05) is 5.16 Å². The number of carbonyl (C=O) groups is 1. The number of hydrogen-bond acceptors (Lipinski definition) is 6. The summed E-state index contributed by atoms with van der Waals surface area (Å²) in [6.07, 6.45) is 0. The Balaban J connectivity index is 1.98. The van der Waals surface area contributed by atoms with Crippen molar-refractivity contribution in [2.75, 3.05) is 0 Å². The van der Waals surface area contributed by atoms with Crippen molar-refractivity contribution in [2.45, 2.75) is 40.7 Å². The lowest BCUT2D eigenvalue weighted by Gasteiger charge is -2.14. The maximum absolute atomic E-state index is 12.8. The fourth-order valence-corrected chi connectivity index (χ4v) is 3.06. The predicted molar refractivity (Wildman–Crippen MR) is 105 cm³/mol. The van der Waals surface area contributed by atoms with Crippen molar-refractivity contribution in [1.29, 1.82) is 0 Å². The Morgan fingerprint density at radius 2 is 1.93 bits per heavy atom. The summed E-state index contributed by atoms with van der Waals surface area (Å²) in [5.41, 5.74) is 7.91. The molecule has 0 fully saturated rings. The van der Waals surface area contributed by atoms with E-state index < -0.39 is 0 Å². The van der Waals surface area contributed by atoms with Crippen LogP contribution in [0.5, 0.6) is 0 Å². The van der Waals surface area contributed by atoms with Gasteiger partial charge in [0.25, 0.3) is 11.6 Å². The molecule has 0 aromatic carbocycles. The Morgan fingerprint density at radius 1 is 1.19 bits per heavy atom. The lowest BCUT2D eigenvalue weighted by molar-refractivity contribution is 0.0945. The molecule has 0 saturated carbocycles. The molecule has 3 heterocycles. The van der Waals surface area contributed by atoms with Crippen LogP contribution < -0.4 is 16.2 Å². The second kappa shape index (κ2) is 7.36. The SMILES string of the molecule is Cc1cc(-c2cc(C(=O)NNC(=S)NC(C)C)c3c(C)noc3n2)c(C)o1. The first-order chi connectivity index (χ1) is 12.8. The van der Waals surface area contributed by atoms with Gasteiger partial charge in [0, 0.05) is 11.6 Å². The summed E-state index contributed by atoms with van der Waals surface area (Å²) in [6.45, 7) is 9.36. The Hall–Kier alpha value is -2.94. The lowest BCUT2D eigenvalue weighted by atomic mass is 10.1. The zero-order valence-corrected chi connectivity index (χ0v) is 16.6. The van der Waals surface area contributed by atoms with Crippen LogP contribution in [0.4, 0.5) is 0 Å². The zero-order chi connectivity index (χ0) is 19.7. The number of hydrazine groups is 1. The molecule has 1 amide bonds. The quantitative estimate of drug-likeness (QED) is 0.465. The molecule has 142 valence electrons. The first kappa shape index (κ1) is 18.8. The van der Waals surface area contributed by atoms with Crippen LogP contribution in [0.2, 0.25) is 0 Å². The molecule has 8 nitrogen and oxygen atoms in total. The summed E-state index contributed by atoms with van der Waals surface area (Å²) in [5.74, 6) is 1.10. The van der Waals surface area contributed by atoms with Crippen LogP contribution in [-0.2, 0) is 0 Å². The minimum atomic E-state index is -0.374. The monoisotopic (exact) mass is 387 g/mol. The van der Waals surface area contributed by atoms with Crippen LogP contribution in [0.25, 0.3) is 22.4 Å². The van der Waals surface area contributed by atoms with Gasteiger partial charge in [0.05, 0.1) is 22.3 Å². The second-order valence-electron chi connectivity index (χ2n) is 6.54. The molecule has 0 aliphatic carbocycles. The van der Waals surface area contributed by atoms with Gasteiger partial charge in [-0.3, -0.25) is 15.6 Å². The number of carbonyl (C=O) groups excluding carboxylic acids is 1. The van der Waals surface area contributed by atoms with E-state index in [4.69, 9.17) is 21.2 Å². The topological polar surface area (TPSA) is 105 Å². The highest BCUT2D eigenvalue weighted by molar-refractivity contribution is 7.80. The van der Waals surface area contributed by atoms with Gasteiger partial charge in [-0.05, 0) is 59.0 Å². The van der Waals surface area contributed by atoms with Gasteiger partial charge in [-0.15, -0.1) is 0 Å².